The molecule has 0 radical (unpaired) electrons. The molecular weight excluding hydrogens is 496 g/mol. The zero-order valence-electron chi connectivity index (χ0n) is 22.6. The van der Waals surface area contributed by atoms with E-state index in [-0.39, 0.29) is 5.91 Å². The summed E-state index contributed by atoms with van der Waals surface area (Å²) in [6, 6.07) is 36.6. The Kier molecular flexibility index (Phi) is 7.80. The topological polar surface area (TPSA) is 54.6 Å². The summed E-state index contributed by atoms with van der Waals surface area (Å²) in [4.78, 5) is 18.9. The molecule has 0 saturated carbocycles. The van der Waals surface area contributed by atoms with E-state index in [1.165, 1.54) is 5.56 Å². The number of hydrogen-bond acceptors (Lipinski definition) is 3. The first kappa shape index (κ1) is 25.8. The smallest absolute Gasteiger partial charge is 0.270 e. The number of carbonyl (C=O) groups excluding carboxylic acids is 1. The Morgan fingerprint density at radius 3 is 1.93 bits per heavy atom. The number of carbonyl (C=O) groups is 1. The molecule has 1 N–H and O–H groups in total. The summed E-state index contributed by atoms with van der Waals surface area (Å²) in [5.41, 5.74) is 4.96. The van der Waals surface area contributed by atoms with Crippen molar-refractivity contribution in [3.05, 3.63) is 132 Å². The van der Waals surface area contributed by atoms with E-state index in [9.17, 15) is 4.79 Å². The number of aromatic amines is 1. The Hall–Kier alpha value is -4.51. The van der Waals surface area contributed by atoms with E-state index >= 15 is 0 Å². The summed E-state index contributed by atoms with van der Waals surface area (Å²) < 4.78 is 12.4. The first-order valence-electron chi connectivity index (χ1n) is 14.0. The lowest BCUT2D eigenvalue weighted by Crippen LogP contribution is -2.39. The molecule has 0 aliphatic carbocycles. The van der Waals surface area contributed by atoms with Crippen molar-refractivity contribution < 1.29 is 14.3 Å². The summed E-state index contributed by atoms with van der Waals surface area (Å²) in [6.07, 6.45) is 3.11. The Bertz CT molecular complexity index is 1540. The fourth-order valence-corrected chi connectivity index (χ4v) is 5.43. The van der Waals surface area contributed by atoms with Gasteiger partial charge in [0.1, 0.15) is 30.4 Å². The zero-order chi connectivity index (χ0) is 27.1. The average Bonchev–Trinajstić information content (AvgIpc) is 3.45. The number of aromatic nitrogens is 1. The number of hydrogen-bond donors (Lipinski definition) is 1. The molecular formula is C35H34N2O3. The standard InChI is InChI=1S/C35H34N2O3/c38-35(37-18-16-27(17-19-37)20-26-10-4-1-5-11-26)33-23-31-32(36-33)21-30(39-24-28-12-6-2-7-13-28)22-34(31)40-25-29-14-8-3-9-15-29/h1-15,21-23,27,36H,16-20,24-25H2. The molecule has 0 unspecified atom stereocenters. The third-order valence-electron chi connectivity index (χ3n) is 7.66. The van der Waals surface area contributed by atoms with E-state index in [1.807, 2.05) is 83.8 Å². The number of nitrogens with zero attached hydrogens (tertiary/aromatic N) is 1. The Morgan fingerprint density at radius 2 is 1.30 bits per heavy atom. The lowest BCUT2D eigenvalue weighted by Gasteiger charge is -2.31. The molecule has 1 saturated heterocycles. The maximum absolute atomic E-state index is 13.5. The van der Waals surface area contributed by atoms with Gasteiger partial charge < -0.3 is 19.4 Å². The average molecular weight is 531 g/mol. The second-order valence-electron chi connectivity index (χ2n) is 10.5. The van der Waals surface area contributed by atoms with Crippen LogP contribution in [0.5, 0.6) is 11.5 Å². The van der Waals surface area contributed by atoms with Crippen molar-refractivity contribution in [1.82, 2.24) is 9.88 Å². The number of piperidine rings is 1. The SMILES string of the molecule is O=C(c1cc2c(OCc3ccccc3)cc(OCc3ccccc3)cc2[nH]1)N1CCC(Cc2ccccc2)CC1. The molecule has 40 heavy (non-hydrogen) atoms. The van der Waals surface area contributed by atoms with Crippen LogP contribution in [0.2, 0.25) is 0 Å². The summed E-state index contributed by atoms with van der Waals surface area (Å²) in [5, 5.41) is 0.880. The van der Waals surface area contributed by atoms with Gasteiger partial charge in [-0.05, 0) is 47.9 Å². The van der Waals surface area contributed by atoms with Crippen LogP contribution in [0.25, 0.3) is 10.9 Å². The fraction of sp³-hybridized carbons (Fsp3) is 0.229. The van der Waals surface area contributed by atoms with Gasteiger partial charge in [-0.1, -0.05) is 91.0 Å². The molecule has 1 amide bonds. The molecule has 1 fully saturated rings. The van der Waals surface area contributed by atoms with E-state index in [0.717, 1.165) is 54.4 Å². The van der Waals surface area contributed by atoms with Crippen molar-refractivity contribution >= 4 is 16.8 Å². The second-order valence-corrected chi connectivity index (χ2v) is 10.5. The molecule has 202 valence electrons. The van der Waals surface area contributed by atoms with Crippen LogP contribution in [-0.2, 0) is 19.6 Å². The highest BCUT2D eigenvalue weighted by Crippen LogP contribution is 2.34. The summed E-state index contributed by atoms with van der Waals surface area (Å²) >= 11 is 0. The van der Waals surface area contributed by atoms with Crippen LogP contribution in [-0.4, -0.2) is 28.9 Å². The minimum Gasteiger partial charge on any atom is -0.489 e. The molecule has 2 heterocycles. The van der Waals surface area contributed by atoms with Crippen molar-refractivity contribution in [3.63, 3.8) is 0 Å². The third kappa shape index (κ3) is 6.20. The largest absolute Gasteiger partial charge is 0.489 e. The summed E-state index contributed by atoms with van der Waals surface area (Å²) in [5.74, 6) is 2.04. The Balaban J connectivity index is 1.19. The van der Waals surface area contributed by atoms with Gasteiger partial charge in [-0.25, -0.2) is 0 Å². The molecule has 1 aromatic heterocycles. The number of rotatable bonds is 9. The number of H-pyrrole nitrogens is 1. The number of likely N-dealkylation sites (tertiary alicyclic amines) is 1. The molecule has 1 aliphatic heterocycles. The molecule has 0 bridgehead atoms. The van der Waals surface area contributed by atoms with E-state index in [2.05, 4.69) is 35.3 Å². The number of ether oxygens (including phenoxy) is 2. The summed E-state index contributed by atoms with van der Waals surface area (Å²) in [6.45, 7) is 2.43. The number of fused-ring (bicyclic) bond motifs is 1. The van der Waals surface area contributed by atoms with Crippen molar-refractivity contribution in [2.75, 3.05) is 13.1 Å². The van der Waals surface area contributed by atoms with Crippen LogP contribution in [0.1, 0.15) is 40.0 Å². The van der Waals surface area contributed by atoms with Gasteiger partial charge in [-0.2, -0.15) is 0 Å². The minimum atomic E-state index is 0.0372. The lowest BCUT2D eigenvalue weighted by atomic mass is 9.90. The minimum absolute atomic E-state index is 0.0372. The Labute approximate surface area is 235 Å². The molecule has 6 rings (SSSR count). The van der Waals surface area contributed by atoms with Crippen molar-refractivity contribution in [1.29, 1.82) is 0 Å². The highest BCUT2D eigenvalue weighted by Gasteiger charge is 2.25. The predicted octanol–water partition coefficient (Wildman–Crippen LogP) is 7.42. The van der Waals surface area contributed by atoms with Crippen LogP contribution in [0.3, 0.4) is 0 Å². The quantitative estimate of drug-likeness (QED) is 0.216. The van der Waals surface area contributed by atoms with Crippen LogP contribution in [0, 0.1) is 5.92 Å². The second kappa shape index (κ2) is 12.1. The number of benzene rings is 4. The van der Waals surface area contributed by atoms with E-state index < -0.39 is 0 Å². The lowest BCUT2D eigenvalue weighted by molar-refractivity contribution is 0.0685. The highest BCUT2D eigenvalue weighted by atomic mass is 16.5. The Morgan fingerprint density at radius 1 is 0.725 bits per heavy atom. The van der Waals surface area contributed by atoms with Gasteiger partial charge in [0.2, 0.25) is 0 Å². The third-order valence-corrected chi connectivity index (χ3v) is 7.66. The van der Waals surface area contributed by atoms with Crippen molar-refractivity contribution in [2.45, 2.75) is 32.5 Å². The fourth-order valence-electron chi connectivity index (χ4n) is 5.43. The predicted molar refractivity (Wildman–Crippen MR) is 159 cm³/mol. The van der Waals surface area contributed by atoms with Crippen molar-refractivity contribution in [2.24, 2.45) is 5.92 Å². The van der Waals surface area contributed by atoms with Gasteiger partial charge in [0.15, 0.2) is 0 Å². The molecule has 5 aromatic rings. The van der Waals surface area contributed by atoms with Crippen molar-refractivity contribution in [3.8, 4) is 11.5 Å². The van der Waals surface area contributed by atoms with E-state index in [4.69, 9.17) is 9.47 Å². The maximum Gasteiger partial charge on any atom is 0.270 e. The normalized spacial score (nSPS) is 13.8. The van der Waals surface area contributed by atoms with Gasteiger partial charge in [0, 0.05) is 30.6 Å². The molecule has 4 aromatic carbocycles. The number of amides is 1. The number of nitrogens with one attached hydrogen (secondary N) is 1. The summed E-state index contributed by atoms with van der Waals surface area (Å²) in [7, 11) is 0. The molecule has 5 nitrogen and oxygen atoms in total. The van der Waals surface area contributed by atoms with Crippen LogP contribution in [0.4, 0.5) is 0 Å². The van der Waals surface area contributed by atoms with Crippen LogP contribution < -0.4 is 9.47 Å². The van der Waals surface area contributed by atoms with E-state index in [1.54, 1.807) is 0 Å². The van der Waals surface area contributed by atoms with Gasteiger partial charge in [-0.15, -0.1) is 0 Å². The first-order chi connectivity index (χ1) is 19.7. The van der Waals surface area contributed by atoms with Gasteiger partial charge in [0.05, 0.1) is 5.52 Å². The molecule has 0 spiro atoms. The molecule has 5 heteroatoms. The van der Waals surface area contributed by atoms with Crippen LogP contribution >= 0.6 is 0 Å². The first-order valence-corrected chi connectivity index (χ1v) is 14.0. The van der Waals surface area contributed by atoms with Gasteiger partial charge >= 0.3 is 0 Å². The maximum atomic E-state index is 13.5. The monoisotopic (exact) mass is 530 g/mol. The van der Waals surface area contributed by atoms with E-state index in [0.29, 0.717) is 36.3 Å². The van der Waals surface area contributed by atoms with Crippen LogP contribution in [0.15, 0.2) is 109 Å². The molecule has 1 aliphatic rings. The molecule has 0 atom stereocenters. The van der Waals surface area contributed by atoms with Gasteiger partial charge in [-0.3, -0.25) is 4.79 Å². The highest BCUT2D eigenvalue weighted by molar-refractivity contribution is 6.00. The van der Waals surface area contributed by atoms with Gasteiger partial charge in [0.25, 0.3) is 5.91 Å². The zero-order valence-corrected chi connectivity index (χ0v) is 22.6.